The first-order valence-electron chi connectivity index (χ1n) is 6.83. The van der Waals surface area contributed by atoms with Crippen LogP contribution in [0, 0.1) is 17.1 Å². The minimum Gasteiger partial charge on any atom is -0.385 e. The highest BCUT2D eigenvalue weighted by Crippen LogP contribution is 2.38. The summed E-state index contributed by atoms with van der Waals surface area (Å²) < 4.78 is 19.0. The van der Waals surface area contributed by atoms with Crippen molar-refractivity contribution in [1.82, 2.24) is 5.32 Å². The van der Waals surface area contributed by atoms with Gasteiger partial charge in [-0.2, -0.15) is 5.26 Å². The number of rotatable bonds is 2. The summed E-state index contributed by atoms with van der Waals surface area (Å²) in [6, 6.07) is 6.53. The number of morpholine rings is 1. The molecule has 2 unspecified atom stereocenters. The highest BCUT2D eigenvalue weighted by molar-refractivity contribution is 5.36. The number of hydrogen-bond donors (Lipinski definition) is 2. The summed E-state index contributed by atoms with van der Waals surface area (Å²) in [5.41, 5.74) is 0.174. The van der Waals surface area contributed by atoms with Crippen LogP contribution in [-0.4, -0.2) is 30.4 Å². The fraction of sp³-hybridized carbons (Fsp3) is 0.533. The Morgan fingerprint density at radius 2 is 2.10 bits per heavy atom. The number of piperidine rings is 1. The molecular weight excluding hydrogens is 259 g/mol. The molecule has 5 heteroatoms. The standard InChI is InChI=1S/C15H17FN2O2/c16-11-2-1-10(3-4-17)14(5-11)15(19)6-12-8-20-9-13(7-15)18-12/h1-2,5,12-13,18-19H,3,6-9H2. The Hall–Kier alpha value is -1.48. The number of nitriles is 1. The predicted molar refractivity (Wildman–Crippen MR) is 70.4 cm³/mol. The first-order valence-corrected chi connectivity index (χ1v) is 6.83. The van der Waals surface area contributed by atoms with E-state index in [0.717, 1.165) is 0 Å². The van der Waals surface area contributed by atoms with Crippen molar-refractivity contribution in [3.63, 3.8) is 0 Å². The lowest BCUT2D eigenvalue weighted by molar-refractivity contribution is -0.0806. The van der Waals surface area contributed by atoms with Crippen molar-refractivity contribution in [2.75, 3.05) is 13.2 Å². The molecule has 2 aliphatic rings. The fourth-order valence-electron chi connectivity index (χ4n) is 3.36. The molecule has 0 spiro atoms. The maximum absolute atomic E-state index is 13.6. The highest BCUT2D eigenvalue weighted by Gasteiger charge is 2.43. The molecule has 0 radical (unpaired) electrons. The zero-order valence-electron chi connectivity index (χ0n) is 11.1. The van der Waals surface area contributed by atoms with Crippen molar-refractivity contribution < 1.29 is 14.2 Å². The molecule has 2 aliphatic heterocycles. The van der Waals surface area contributed by atoms with Crippen molar-refractivity contribution in [3.8, 4) is 6.07 Å². The summed E-state index contributed by atoms with van der Waals surface area (Å²) in [5.74, 6) is -0.380. The molecule has 1 aromatic carbocycles. The van der Waals surface area contributed by atoms with Gasteiger partial charge in [-0.1, -0.05) is 6.07 Å². The largest absolute Gasteiger partial charge is 0.385 e. The van der Waals surface area contributed by atoms with E-state index in [1.54, 1.807) is 6.07 Å². The van der Waals surface area contributed by atoms with Gasteiger partial charge in [0, 0.05) is 12.1 Å². The Morgan fingerprint density at radius 1 is 1.40 bits per heavy atom. The van der Waals surface area contributed by atoms with Gasteiger partial charge in [-0.25, -0.2) is 4.39 Å². The molecule has 4 nitrogen and oxygen atoms in total. The van der Waals surface area contributed by atoms with Gasteiger partial charge in [-0.15, -0.1) is 0 Å². The maximum atomic E-state index is 13.6. The Balaban J connectivity index is 1.98. The van der Waals surface area contributed by atoms with E-state index in [1.807, 2.05) is 0 Å². The Kier molecular flexibility index (Phi) is 3.47. The van der Waals surface area contributed by atoms with E-state index in [4.69, 9.17) is 10.00 Å². The van der Waals surface area contributed by atoms with Crippen LogP contribution in [0.15, 0.2) is 18.2 Å². The summed E-state index contributed by atoms with van der Waals surface area (Å²) in [5, 5.41) is 23.3. The summed E-state index contributed by atoms with van der Waals surface area (Å²) in [4.78, 5) is 0. The molecule has 2 saturated heterocycles. The number of hydrogen-bond acceptors (Lipinski definition) is 4. The third kappa shape index (κ3) is 2.42. The van der Waals surface area contributed by atoms with E-state index in [9.17, 15) is 9.50 Å². The average Bonchev–Trinajstić information content (AvgIpc) is 2.40. The van der Waals surface area contributed by atoms with Gasteiger partial charge in [-0.3, -0.25) is 0 Å². The lowest BCUT2D eigenvalue weighted by Gasteiger charge is -2.45. The van der Waals surface area contributed by atoms with Crippen LogP contribution in [0.4, 0.5) is 4.39 Å². The SMILES string of the molecule is N#CCc1ccc(F)cc1C1(O)CC2COCC(C1)N2. The Morgan fingerprint density at radius 3 is 2.75 bits per heavy atom. The summed E-state index contributed by atoms with van der Waals surface area (Å²) in [6.45, 7) is 1.11. The molecule has 2 N–H and O–H groups in total. The topological polar surface area (TPSA) is 65.3 Å². The summed E-state index contributed by atoms with van der Waals surface area (Å²) in [7, 11) is 0. The Labute approximate surface area is 117 Å². The van der Waals surface area contributed by atoms with Crippen molar-refractivity contribution >= 4 is 0 Å². The van der Waals surface area contributed by atoms with E-state index in [2.05, 4.69) is 11.4 Å². The monoisotopic (exact) mass is 276 g/mol. The second-order valence-electron chi connectivity index (χ2n) is 5.67. The van der Waals surface area contributed by atoms with Crippen LogP contribution in [0.5, 0.6) is 0 Å². The minimum absolute atomic E-state index is 0.0747. The zero-order chi connectivity index (χ0) is 14.2. The van der Waals surface area contributed by atoms with Crippen LogP contribution in [0.3, 0.4) is 0 Å². The number of aliphatic hydroxyl groups is 1. The first-order chi connectivity index (χ1) is 9.60. The number of nitrogens with one attached hydrogen (secondary N) is 1. The lowest BCUT2D eigenvalue weighted by Crippen LogP contribution is -2.58. The van der Waals surface area contributed by atoms with Crippen molar-refractivity contribution in [1.29, 1.82) is 5.26 Å². The van der Waals surface area contributed by atoms with Gasteiger partial charge < -0.3 is 15.2 Å². The molecule has 0 saturated carbocycles. The number of ether oxygens (including phenoxy) is 1. The van der Waals surface area contributed by atoms with Gasteiger partial charge in [0.1, 0.15) is 5.82 Å². The first kappa shape index (κ1) is 13.5. The van der Waals surface area contributed by atoms with Gasteiger partial charge in [0.05, 0.1) is 31.3 Å². The van der Waals surface area contributed by atoms with Crippen LogP contribution >= 0.6 is 0 Å². The van der Waals surface area contributed by atoms with E-state index in [1.165, 1.54) is 12.1 Å². The fourth-order valence-corrected chi connectivity index (χ4v) is 3.36. The Bertz CT molecular complexity index is 543. The molecule has 2 atom stereocenters. The molecule has 20 heavy (non-hydrogen) atoms. The van der Waals surface area contributed by atoms with Gasteiger partial charge in [0.15, 0.2) is 0 Å². The molecule has 0 aliphatic carbocycles. The molecule has 2 heterocycles. The maximum Gasteiger partial charge on any atom is 0.123 e. The molecule has 0 aromatic heterocycles. The third-order valence-corrected chi connectivity index (χ3v) is 4.12. The van der Waals surface area contributed by atoms with Gasteiger partial charge in [0.25, 0.3) is 0 Å². The van der Waals surface area contributed by atoms with Crippen LogP contribution in [0.25, 0.3) is 0 Å². The molecule has 1 aromatic rings. The van der Waals surface area contributed by atoms with Crippen LogP contribution in [-0.2, 0) is 16.8 Å². The normalized spacial score (nSPS) is 32.6. The van der Waals surface area contributed by atoms with E-state index < -0.39 is 5.60 Å². The van der Waals surface area contributed by atoms with Crippen molar-refractivity contribution in [3.05, 3.63) is 35.1 Å². The quantitative estimate of drug-likeness (QED) is 0.852. The van der Waals surface area contributed by atoms with Crippen molar-refractivity contribution in [2.24, 2.45) is 0 Å². The molecular formula is C15H17FN2O2. The number of halogens is 1. The number of fused-ring (bicyclic) bond motifs is 2. The average molecular weight is 276 g/mol. The molecule has 2 bridgehead atoms. The lowest BCUT2D eigenvalue weighted by atomic mass is 9.76. The highest BCUT2D eigenvalue weighted by atomic mass is 19.1. The number of nitrogens with zero attached hydrogens (tertiary/aromatic N) is 1. The van der Waals surface area contributed by atoms with Gasteiger partial charge in [-0.05, 0) is 36.1 Å². The number of benzene rings is 1. The van der Waals surface area contributed by atoms with E-state index in [-0.39, 0.29) is 24.3 Å². The minimum atomic E-state index is -1.08. The molecule has 2 fully saturated rings. The van der Waals surface area contributed by atoms with Crippen molar-refractivity contribution in [2.45, 2.75) is 36.9 Å². The van der Waals surface area contributed by atoms with Crippen LogP contribution < -0.4 is 5.32 Å². The van der Waals surface area contributed by atoms with Gasteiger partial charge in [0.2, 0.25) is 0 Å². The molecule has 0 amide bonds. The summed E-state index contributed by atoms with van der Waals surface area (Å²) >= 11 is 0. The predicted octanol–water partition coefficient (Wildman–Crippen LogP) is 1.23. The van der Waals surface area contributed by atoms with Gasteiger partial charge >= 0.3 is 0 Å². The summed E-state index contributed by atoms with van der Waals surface area (Å²) in [6.07, 6.45) is 1.13. The third-order valence-electron chi connectivity index (χ3n) is 4.12. The molecule has 3 rings (SSSR count). The zero-order valence-corrected chi connectivity index (χ0v) is 11.1. The molecule has 106 valence electrons. The smallest absolute Gasteiger partial charge is 0.123 e. The van der Waals surface area contributed by atoms with Crippen LogP contribution in [0.2, 0.25) is 0 Å². The van der Waals surface area contributed by atoms with E-state index in [0.29, 0.717) is 37.2 Å². The second kappa shape index (κ2) is 5.13. The van der Waals surface area contributed by atoms with Crippen LogP contribution in [0.1, 0.15) is 24.0 Å². The van der Waals surface area contributed by atoms with E-state index >= 15 is 0 Å². The second-order valence-corrected chi connectivity index (χ2v) is 5.67.